The molecule has 0 radical (unpaired) electrons. The molecule has 8 nitrogen and oxygen atoms in total. The van der Waals surface area contributed by atoms with E-state index in [4.69, 9.17) is 4.74 Å². The molecule has 0 aliphatic rings. The van der Waals surface area contributed by atoms with Crippen LogP contribution in [0.4, 0.5) is 5.69 Å². The molecule has 1 heterocycles. The van der Waals surface area contributed by atoms with Gasteiger partial charge < -0.3 is 4.74 Å². The molecule has 4 rings (SSSR count). The van der Waals surface area contributed by atoms with E-state index in [0.717, 1.165) is 23.7 Å². The average molecular weight is 651 g/mol. The number of fused-ring (bicyclic) bond motifs is 1. The van der Waals surface area contributed by atoms with Crippen molar-refractivity contribution in [2.24, 2.45) is 5.10 Å². The topological polar surface area (TPSA) is 99.6 Å². The van der Waals surface area contributed by atoms with Crippen LogP contribution >= 0.6 is 47.8 Å². The summed E-state index contributed by atoms with van der Waals surface area (Å²) in [5.41, 5.74) is 1.29. The summed E-state index contributed by atoms with van der Waals surface area (Å²) >= 11 is 10.2. The molecular formula is C23H15Br3N4O4. The van der Waals surface area contributed by atoms with Crippen molar-refractivity contribution >= 4 is 70.6 Å². The molecule has 11 heteroatoms. The molecule has 3 aromatic carbocycles. The van der Waals surface area contributed by atoms with E-state index in [2.05, 4.69) is 57.9 Å². The van der Waals surface area contributed by atoms with Gasteiger partial charge in [0.2, 0.25) is 0 Å². The fourth-order valence-electron chi connectivity index (χ4n) is 3.19. The largest absolute Gasteiger partial charge is 0.482 e. The first-order valence-corrected chi connectivity index (χ1v) is 12.2. The molecule has 0 bridgehead atoms. The Balaban J connectivity index is 1.63. The Morgan fingerprint density at radius 1 is 1.09 bits per heavy atom. The minimum Gasteiger partial charge on any atom is -0.482 e. The van der Waals surface area contributed by atoms with E-state index in [0.29, 0.717) is 22.3 Å². The Labute approximate surface area is 218 Å². The van der Waals surface area contributed by atoms with Crippen molar-refractivity contribution in [2.75, 3.05) is 0 Å². The molecule has 34 heavy (non-hydrogen) atoms. The zero-order chi connectivity index (χ0) is 24.4. The highest BCUT2D eigenvalue weighted by molar-refractivity contribution is 9.11. The van der Waals surface area contributed by atoms with E-state index in [9.17, 15) is 14.9 Å². The van der Waals surface area contributed by atoms with E-state index in [1.165, 1.54) is 18.3 Å². The lowest BCUT2D eigenvalue weighted by molar-refractivity contribution is -0.385. The van der Waals surface area contributed by atoms with Crippen LogP contribution in [0.1, 0.15) is 17.0 Å². The van der Waals surface area contributed by atoms with E-state index in [1.807, 2.05) is 18.2 Å². The van der Waals surface area contributed by atoms with Gasteiger partial charge >= 0.3 is 5.69 Å². The van der Waals surface area contributed by atoms with E-state index in [-0.39, 0.29) is 23.6 Å². The molecule has 1 aromatic heterocycles. The Morgan fingerprint density at radius 3 is 2.56 bits per heavy atom. The molecule has 0 amide bonds. The minimum atomic E-state index is -0.518. The molecule has 0 N–H and O–H groups in total. The predicted molar refractivity (Wildman–Crippen MR) is 141 cm³/mol. The first-order valence-electron chi connectivity index (χ1n) is 9.81. The van der Waals surface area contributed by atoms with Crippen molar-refractivity contribution in [2.45, 2.75) is 13.5 Å². The van der Waals surface area contributed by atoms with Gasteiger partial charge in [0.15, 0.2) is 5.75 Å². The van der Waals surface area contributed by atoms with Gasteiger partial charge in [0, 0.05) is 30.6 Å². The van der Waals surface area contributed by atoms with Crippen molar-refractivity contribution in [3.05, 3.63) is 105 Å². The zero-order valence-electron chi connectivity index (χ0n) is 17.5. The summed E-state index contributed by atoms with van der Waals surface area (Å²) in [5, 5.41) is 16.3. The fraction of sp³-hybridized carbons (Fsp3) is 0.0870. The summed E-state index contributed by atoms with van der Waals surface area (Å²) in [4.78, 5) is 28.4. The molecule has 0 saturated heterocycles. The summed E-state index contributed by atoms with van der Waals surface area (Å²) in [5.74, 6) is 0.521. The molecule has 0 aliphatic carbocycles. The SMILES string of the molecule is Cc1nc2ccc(Br)cc2c(=O)n1N=Cc1ccc(OCc2ccc(Br)cc2Br)c([N+](=O)[O-])c1. The number of hydrogen-bond donors (Lipinski definition) is 0. The highest BCUT2D eigenvalue weighted by atomic mass is 79.9. The lowest BCUT2D eigenvalue weighted by Crippen LogP contribution is -2.20. The van der Waals surface area contributed by atoms with Crippen molar-refractivity contribution in [1.29, 1.82) is 0 Å². The summed E-state index contributed by atoms with van der Waals surface area (Å²) in [6.07, 6.45) is 1.38. The number of nitro benzene ring substituents is 1. The third-order valence-corrected chi connectivity index (χ3v) is 6.60. The van der Waals surface area contributed by atoms with Crippen molar-refractivity contribution in [3.63, 3.8) is 0 Å². The van der Waals surface area contributed by atoms with Gasteiger partial charge in [-0.1, -0.05) is 53.9 Å². The monoisotopic (exact) mass is 648 g/mol. The number of ether oxygens (including phenoxy) is 1. The molecule has 172 valence electrons. The lowest BCUT2D eigenvalue weighted by atomic mass is 10.2. The fourth-order valence-corrected chi connectivity index (χ4v) is 4.72. The third-order valence-electron chi connectivity index (χ3n) is 4.87. The second-order valence-electron chi connectivity index (χ2n) is 7.19. The van der Waals surface area contributed by atoms with Gasteiger partial charge in [0.1, 0.15) is 12.4 Å². The summed E-state index contributed by atoms with van der Waals surface area (Å²) in [6.45, 7) is 1.81. The van der Waals surface area contributed by atoms with Crippen molar-refractivity contribution in [3.8, 4) is 5.75 Å². The molecule has 0 unspecified atom stereocenters. The van der Waals surface area contributed by atoms with E-state index >= 15 is 0 Å². The average Bonchev–Trinajstić information content (AvgIpc) is 2.79. The van der Waals surface area contributed by atoms with E-state index < -0.39 is 4.92 Å². The number of benzene rings is 3. The molecule has 0 saturated carbocycles. The van der Waals surface area contributed by atoms with Crippen LogP contribution in [0.2, 0.25) is 0 Å². The first kappa shape index (κ1) is 24.2. The van der Waals surface area contributed by atoms with Gasteiger partial charge in [-0.15, -0.1) is 0 Å². The smallest absolute Gasteiger partial charge is 0.311 e. The highest BCUT2D eigenvalue weighted by Crippen LogP contribution is 2.30. The molecule has 0 fully saturated rings. The van der Waals surface area contributed by atoms with Crippen molar-refractivity contribution < 1.29 is 9.66 Å². The highest BCUT2D eigenvalue weighted by Gasteiger charge is 2.17. The maximum absolute atomic E-state index is 12.9. The molecule has 0 atom stereocenters. The predicted octanol–water partition coefficient (Wildman–Crippen LogP) is 6.36. The number of aromatic nitrogens is 2. The normalized spacial score (nSPS) is 11.3. The van der Waals surface area contributed by atoms with Crippen LogP contribution in [0.5, 0.6) is 5.75 Å². The van der Waals surface area contributed by atoms with Gasteiger partial charge in [-0.2, -0.15) is 9.78 Å². The van der Waals surface area contributed by atoms with Gasteiger partial charge in [-0.25, -0.2) is 4.98 Å². The summed E-state index contributed by atoms with van der Waals surface area (Å²) in [7, 11) is 0. The molecule has 0 aliphatic heterocycles. The number of rotatable bonds is 6. The van der Waals surface area contributed by atoms with Gasteiger partial charge in [0.05, 0.1) is 22.0 Å². The van der Waals surface area contributed by atoms with Crippen LogP contribution in [0.25, 0.3) is 10.9 Å². The number of aryl methyl sites for hydroxylation is 1. The van der Waals surface area contributed by atoms with E-state index in [1.54, 1.807) is 31.2 Å². The number of nitrogens with zero attached hydrogens (tertiary/aromatic N) is 4. The Bertz CT molecular complexity index is 1520. The van der Waals surface area contributed by atoms with Crippen LogP contribution in [0, 0.1) is 17.0 Å². The van der Waals surface area contributed by atoms with Crippen LogP contribution in [0.15, 0.2) is 77.9 Å². The molecule has 0 spiro atoms. The summed E-state index contributed by atoms with van der Waals surface area (Å²) < 4.78 is 9.36. The Morgan fingerprint density at radius 2 is 1.82 bits per heavy atom. The van der Waals surface area contributed by atoms with Crippen LogP contribution < -0.4 is 10.3 Å². The number of hydrogen-bond acceptors (Lipinski definition) is 6. The summed E-state index contributed by atoms with van der Waals surface area (Å²) in [6, 6.07) is 15.3. The van der Waals surface area contributed by atoms with Crippen LogP contribution in [0.3, 0.4) is 0 Å². The Kier molecular flexibility index (Phi) is 7.24. The first-order chi connectivity index (χ1) is 16.2. The quantitative estimate of drug-likeness (QED) is 0.137. The Hall–Kier alpha value is -2.89. The second-order valence-corrected chi connectivity index (χ2v) is 9.88. The number of halogens is 3. The van der Waals surface area contributed by atoms with Gasteiger partial charge in [-0.05, 0) is 49.4 Å². The molecule has 4 aromatic rings. The van der Waals surface area contributed by atoms with Crippen molar-refractivity contribution in [1.82, 2.24) is 9.66 Å². The standard InChI is InChI=1S/C23H15Br3N4O4/c1-13-28-20-6-5-16(24)9-18(20)23(31)29(13)27-11-14-2-7-22(21(8-14)30(32)33)34-12-15-3-4-17(25)10-19(15)26/h2-11H,12H2,1H3. The zero-order valence-corrected chi connectivity index (χ0v) is 22.3. The second kappa shape index (κ2) is 10.2. The lowest BCUT2D eigenvalue weighted by Gasteiger charge is -2.09. The van der Waals surface area contributed by atoms with Gasteiger partial charge in [0.25, 0.3) is 5.56 Å². The number of nitro groups is 1. The maximum Gasteiger partial charge on any atom is 0.311 e. The van der Waals surface area contributed by atoms with Gasteiger partial charge in [-0.3, -0.25) is 14.9 Å². The maximum atomic E-state index is 12.9. The van der Waals surface area contributed by atoms with Crippen LogP contribution in [-0.4, -0.2) is 20.8 Å². The van der Waals surface area contributed by atoms with Crippen LogP contribution in [-0.2, 0) is 6.61 Å². The third kappa shape index (κ3) is 5.26. The minimum absolute atomic E-state index is 0.127. The molecular weight excluding hydrogens is 636 g/mol.